The molecule has 0 bridgehead atoms. The fourth-order valence-corrected chi connectivity index (χ4v) is 4.63. The molecule has 1 saturated heterocycles. The van der Waals surface area contributed by atoms with Crippen molar-refractivity contribution in [3.63, 3.8) is 0 Å². The smallest absolute Gasteiger partial charge is 0.410 e. The molecule has 35 heavy (non-hydrogen) atoms. The van der Waals surface area contributed by atoms with Crippen LogP contribution in [0.3, 0.4) is 0 Å². The fourth-order valence-electron chi connectivity index (χ4n) is 4.63. The summed E-state index contributed by atoms with van der Waals surface area (Å²) in [6.07, 6.45) is 2.92. The molecule has 1 N–H and O–H groups in total. The number of aryl methyl sites for hydroxylation is 1. The molecule has 1 aliphatic rings. The van der Waals surface area contributed by atoms with Gasteiger partial charge in [-0.15, -0.1) is 0 Å². The predicted molar refractivity (Wildman–Crippen MR) is 132 cm³/mol. The SMILES string of the molecule is Cc1nc(-c2cncc(C(O)(c3ccc(C(C)C)cc3)C3(C)CN(C(=O)OC(C)(C)C)C3)c2)no1. The Kier molecular flexibility index (Phi) is 6.21. The Labute approximate surface area is 206 Å². The Balaban J connectivity index is 1.75. The van der Waals surface area contributed by atoms with Gasteiger partial charge in [0.2, 0.25) is 11.7 Å². The van der Waals surface area contributed by atoms with Gasteiger partial charge >= 0.3 is 6.09 Å². The number of aromatic nitrogens is 3. The van der Waals surface area contributed by atoms with Gasteiger partial charge in [0.25, 0.3) is 0 Å². The number of hydrogen-bond acceptors (Lipinski definition) is 7. The van der Waals surface area contributed by atoms with Crippen LogP contribution in [0.4, 0.5) is 4.79 Å². The number of benzene rings is 1. The second-order valence-electron chi connectivity index (χ2n) is 11.0. The largest absolute Gasteiger partial charge is 0.444 e. The first-order valence-corrected chi connectivity index (χ1v) is 11.9. The Morgan fingerprint density at radius 1 is 1.14 bits per heavy atom. The third-order valence-electron chi connectivity index (χ3n) is 6.54. The third-order valence-corrected chi connectivity index (χ3v) is 6.54. The van der Waals surface area contributed by atoms with Crippen LogP contribution in [0.15, 0.2) is 47.2 Å². The Bertz CT molecular complexity index is 1210. The maximum absolute atomic E-state index is 12.7. The van der Waals surface area contributed by atoms with E-state index in [4.69, 9.17) is 9.26 Å². The summed E-state index contributed by atoms with van der Waals surface area (Å²) >= 11 is 0. The Morgan fingerprint density at radius 3 is 2.34 bits per heavy atom. The van der Waals surface area contributed by atoms with E-state index in [0.29, 0.717) is 41.8 Å². The monoisotopic (exact) mass is 478 g/mol. The average molecular weight is 479 g/mol. The number of carbonyl (C=O) groups excluding carboxylic acids is 1. The van der Waals surface area contributed by atoms with Gasteiger partial charge in [0.05, 0.1) is 0 Å². The van der Waals surface area contributed by atoms with Crippen molar-refractivity contribution in [3.05, 3.63) is 65.3 Å². The highest BCUT2D eigenvalue weighted by molar-refractivity contribution is 5.70. The number of hydrogen-bond donors (Lipinski definition) is 1. The summed E-state index contributed by atoms with van der Waals surface area (Å²) in [6, 6.07) is 9.84. The zero-order valence-corrected chi connectivity index (χ0v) is 21.5. The summed E-state index contributed by atoms with van der Waals surface area (Å²) in [5.74, 6) is 1.22. The Morgan fingerprint density at radius 2 is 1.80 bits per heavy atom. The number of likely N-dealkylation sites (tertiary alicyclic amines) is 1. The standard InChI is InChI=1S/C27H34N4O4/c1-17(2)19-8-10-21(11-9-19)27(33,26(7)15-31(16-26)24(32)34-25(4,5)6)22-12-20(13-28-14-22)23-29-18(3)35-30-23/h8-14,17,33H,15-16H2,1-7H3. The van der Waals surface area contributed by atoms with Crippen LogP contribution in [0.25, 0.3) is 11.4 Å². The van der Waals surface area contributed by atoms with Gasteiger partial charge in [-0.1, -0.05) is 50.2 Å². The molecule has 3 aromatic rings. The van der Waals surface area contributed by atoms with Crippen molar-refractivity contribution >= 4 is 6.09 Å². The summed E-state index contributed by atoms with van der Waals surface area (Å²) in [4.78, 5) is 23.0. The molecule has 1 amide bonds. The van der Waals surface area contributed by atoms with Gasteiger partial charge in [0.15, 0.2) is 0 Å². The lowest BCUT2D eigenvalue weighted by Crippen LogP contribution is -2.66. The molecule has 1 unspecified atom stereocenters. The molecule has 2 aromatic heterocycles. The molecule has 3 heterocycles. The van der Waals surface area contributed by atoms with E-state index in [1.165, 1.54) is 5.56 Å². The normalized spacial score (nSPS) is 17.1. The first kappa shape index (κ1) is 24.9. The highest BCUT2D eigenvalue weighted by atomic mass is 16.6. The lowest BCUT2D eigenvalue weighted by atomic mass is 9.62. The van der Waals surface area contributed by atoms with Crippen molar-refractivity contribution < 1.29 is 19.2 Å². The highest BCUT2D eigenvalue weighted by Gasteiger charge is 2.58. The van der Waals surface area contributed by atoms with E-state index in [0.717, 1.165) is 5.56 Å². The number of ether oxygens (including phenoxy) is 1. The molecule has 0 saturated carbocycles. The van der Waals surface area contributed by atoms with Gasteiger partial charge < -0.3 is 19.3 Å². The molecular formula is C27H34N4O4. The Hall–Kier alpha value is -3.26. The molecule has 4 rings (SSSR count). The number of carbonyl (C=O) groups is 1. The van der Waals surface area contributed by atoms with Crippen molar-refractivity contribution in [3.8, 4) is 11.4 Å². The molecule has 186 valence electrons. The van der Waals surface area contributed by atoms with Crippen molar-refractivity contribution in [1.29, 1.82) is 0 Å². The van der Waals surface area contributed by atoms with Crippen molar-refractivity contribution in [2.24, 2.45) is 5.41 Å². The van der Waals surface area contributed by atoms with Crippen LogP contribution in [0.2, 0.25) is 0 Å². The zero-order chi connectivity index (χ0) is 25.6. The molecule has 1 aliphatic heterocycles. The van der Waals surface area contributed by atoms with E-state index in [2.05, 4.69) is 29.0 Å². The van der Waals surface area contributed by atoms with Gasteiger partial charge in [0, 0.05) is 48.9 Å². The second kappa shape index (κ2) is 8.75. The zero-order valence-electron chi connectivity index (χ0n) is 21.5. The van der Waals surface area contributed by atoms with Gasteiger partial charge in [0.1, 0.15) is 11.2 Å². The minimum absolute atomic E-state index is 0.329. The van der Waals surface area contributed by atoms with Crippen LogP contribution in [0.5, 0.6) is 0 Å². The lowest BCUT2D eigenvalue weighted by Gasteiger charge is -2.56. The number of rotatable bonds is 5. The maximum atomic E-state index is 12.7. The molecule has 1 aromatic carbocycles. The highest BCUT2D eigenvalue weighted by Crippen LogP contribution is 2.51. The summed E-state index contributed by atoms with van der Waals surface area (Å²) in [7, 11) is 0. The van der Waals surface area contributed by atoms with Crippen LogP contribution in [-0.2, 0) is 10.3 Å². The first-order chi connectivity index (χ1) is 16.3. The van der Waals surface area contributed by atoms with Gasteiger partial charge in [-0.25, -0.2) is 4.79 Å². The van der Waals surface area contributed by atoms with Gasteiger partial charge in [-0.05, 0) is 43.9 Å². The summed E-state index contributed by atoms with van der Waals surface area (Å²) in [5.41, 5.74) is 0.451. The second-order valence-corrected chi connectivity index (χ2v) is 11.0. The number of pyridine rings is 1. The van der Waals surface area contributed by atoms with Gasteiger partial charge in [-0.3, -0.25) is 4.98 Å². The van der Waals surface area contributed by atoms with Crippen LogP contribution in [-0.4, -0.2) is 49.9 Å². The summed E-state index contributed by atoms with van der Waals surface area (Å²) < 4.78 is 10.7. The predicted octanol–water partition coefficient (Wildman–Crippen LogP) is 5.06. The van der Waals surface area contributed by atoms with E-state index in [1.807, 2.05) is 58.0 Å². The molecular weight excluding hydrogens is 444 g/mol. The molecule has 0 radical (unpaired) electrons. The maximum Gasteiger partial charge on any atom is 0.410 e. The lowest BCUT2D eigenvalue weighted by molar-refractivity contribution is -0.131. The third kappa shape index (κ3) is 4.67. The molecule has 8 nitrogen and oxygen atoms in total. The van der Waals surface area contributed by atoms with Crippen LogP contribution < -0.4 is 0 Å². The summed E-state index contributed by atoms with van der Waals surface area (Å²) in [6.45, 7) is 14.1. The molecule has 8 heteroatoms. The molecule has 1 fully saturated rings. The number of amides is 1. The minimum atomic E-state index is -1.43. The minimum Gasteiger partial charge on any atom is -0.444 e. The van der Waals surface area contributed by atoms with Crippen molar-refractivity contribution in [2.45, 2.75) is 65.6 Å². The van der Waals surface area contributed by atoms with Gasteiger partial charge in [-0.2, -0.15) is 4.98 Å². The molecule has 0 spiro atoms. The van der Waals surface area contributed by atoms with E-state index in [1.54, 1.807) is 24.2 Å². The topological polar surface area (TPSA) is 102 Å². The van der Waals surface area contributed by atoms with Crippen LogP contribution >= 0.6 is 0 Å². The first-order valence-electron chi connectivity index (χ1n) is 11.9. The van der Waals surface area contributed by atoms with E-state index in [9.17, 15) is 9.90 Å². The molecule has 0 aliphatic carbocycles. The quantitative estimate of drug-likeness (QED) is 0.547. The molecule has 1 atom stereocenters. The summed E-state index contributed by atoms with van der Waals surface area (Å²) in [5, 5.41) is 16.5. The van der Waals surface area contributed by atoms with E-state index in [-0.39, 0.29) is 6.09 Å². The van der Waals surface area contributed by atoms with E-state index >= 15 is 0 Å². The van der Waals surface area contributed by atoms with E-state index < -0.39 is 16.6 Å². The number of nitrogens with zero attached hydrogens (tertiary/aromatic N) is 4. The van der Waals surface area contributed by atoms with Crippen molar-refractivity contribution in [2.75, 3.05) is 13.1 Å². The van der Waals surface area contributed by atoms with Crippen LogP contribution in [0, 0.1) is 12.3 Å². The fraction of sp³-hybridized carbons (Fsp3) is 0.481. The average Bonchev–Trinajstić information content (AvgIpc) is 3.21. The van der Waals surface area contributed by atoms with Crippen molar-refractivity contribution in [1.82, 2.24) is 20.0 Å². The van der Waals surface area contributed by atoms with Crippen LogP contribution in [0.1, 0.15) is 70.0 Å². The number of aliphatic hydroxyl groups is 1.